The molecule has 0 saturated carbocycles. The van der Waals surface area contributed by atoms with Crippen molar-refractivity contribution < 1.29 is 18.0 Å². The SMILES string of the molecule is Cc1cccc(N(CCCC(=O)N(Cc2ccccc2C)[C@H](Cc2ccccc2)C(=O)NC(C)(C)C)S(C)(=O)=O)c1. The van der Waals surface area contributed by atoms with Crippen LogP contribution in [0, 0.1) is 13.8 Å². The van der Waals surface area contributed by atoms with Gasteiger partial charge in [0.25, 0.3) is 0 Å². The zero-order valence-electron chi connectivity index (χ0n) is 25.1. The monoisotopic (exact) mass is 577 g/mol. The molecular formula is C33H43N3O4S. The third kappa shape index (κ3) is 9.74. The minimum atomic E-state index is -3.55. The molecule has 0 bridgehead atoms. The fourth-order valence-electron chi connectivity index (χ4n) is 4.76. The number of nitrogens with one attached hydrogen (secondary N) is 1. The molecule has 220 valence electrons. The van der Waals surface area contributed by atoms with Crippen LogP contribution in [0.4, 0.5) is 5.69 Å². The lowest BCUT2D eigenvalue weighted by atomic mass is 9.99. The van der Waals surface area contributed by atoms with Crippen molar-refractivity contribution in [3.8, 4) is 0 Å². The number of anilines is 1. The first-order valence-electron chi connectivity index (χ1n) is 14.0. The van der Waals surface area contributed by atoms with Gasteiger partial charge in [-0.15, -0.1) is 0 Å². The summed E-state index contributed by atoms with van der Waals surface area (Å²) in [5.41, 5.74) is 3.98. The molecule has 0 aliphatic carbocycles. The Balaban J connectivity index is 1.91. The molecule has 41 heavy (non-hydrogen) atoms. The number of nitrogens with zero attached hydrogens (tertiary/aromatic N) is 2. The molecular weight excluding hydrogens is 534 g/mol. The summed E-state index contributed by atoms with van der Waals surface area (Å²) in [5.74, 6) is -0.420. The number of amides is 2. The average molecular weight is 578 g/mol. The van der Waals surface area contributed by atoms with Crippen molar-refractivity contribution in [1.29, 1.82) is 0 Å². The molecule has 2 amide bonds. The molecule has 0 spiro atoms. The van der Waals surface area contributed by atoms with Crippen molar-refractivity contribution in [1.82, 2.24) is 10.2 Å². The van der Waals surface area contributed by atoms with Gasteiger partial charge < -0.3 is 10.2 Å². The Hall–Kier alpha value is -3.65. The van der Waals surface area contributed by atoms with Crippen LogP contribution in [0.5, 0.6) is 0 Å². The zero-order valence-corrected chi connectivity index (χ0v) is 25.9. The van der Waals surface area contributed by atoms with Gasteiger partial charge in [-0.05, 0) is 75.4 Å². The van der Waals surface area contributed by atoms with E-state index in [1.807, 2.05) is 107 Å². The van der Waals surface area contributed by atoms with Gasteiger partial charge in [0.2, 0.25) is 21.8 Å². The molecule has 0 fully saturated rings. The molecule has 0 aromatic heterocycles. The molecule has 3 aromatic rings. The van der Waals surface area contributed by atoms with E-state index < -0.39 is 21.6 Å². The Kier molecular flexibility index (Phi) is 10.7. The zero-order chi connectivity index (χ0) is 30.2. The van der Waals surface area contributed by atoms with E-state index in [1.54, 1.807) is 11.0 Å². The Morgan fingerprint density at radius 1 is 0.902 bits per heavy atom. The maximum absolute atomic E-state index is 14.0. The first kappa shape index (κ1) is 31.9. The molecule has 0 heterocycles. The molecule has 7 nitrogen and oxygen atoms in total. The molecule has 0 saturated heterocycles. The lowest BCUT2D eigenvalue weighted by Crippen LogP contribution is -2.54. The smallest absolute Gasteiger partial charge is 0.243 e. The lowest BCUT2D eigenvalue weighted by molar-refractivity contribution is -0.142. The predicted octanol–water partition coefficient (Wildman–Crippen LogP) is 5.40. The highest BCUT2D eigenvalue weighted by molar-refractivity contribution is 7.92. The number of carbonyl (C=O) groups is 2. The molecule has 0 unspecified atom stereocenters. The number of sulfonamides is 1. The molecule has 1 atom stereocenters. The largest absolute Gasteiger partial charge is 0.350 e. The second-order valence-electron chi connectivity index (χ2n) is 11.7. The third-order valence-electron chi connectivity index (χ3n) is 6.81. The topological polar surface area (TPSA) is 86.8 Å². The van der Waals surface area contributed by atoms with E-state index in [9.17, 15) is 18.0 Å². The van der Waals surface area contributed by atoms with Gasteiger partial charge in [0.15, 0.2) is 0 Å². The van der Waals surface area contributed by atoms with E-state index in [4.69, 9.17) is 0 Å². The van der Waals surface area contributed by atoms with E-state index in [0.717, 1.165) is 22.3 Å². The molecule has 8 heteroatoms. The van der Waals surface area contributed by atoms with Crippen LogP contribution >= 0.6 is 0 Å². The number of hydrogen-bond acceptors (Lipinski definition) is 4. The molecule has 1 N–H and O–H groups in total. The van der Waals surface area contributed by atoms with Gasteiger partial charge in [0, 0.05) is 31.5 Å². The van der Waals surface area contributed by atoms with Crippen molar-refractivity contribution in [2.75, 3.05) is 17.1 Å². The first-order valence-corrected chi connectivity index (χ1v) is 15.8. The average Bonchev–Trinajstić information content (AvgIpc) is 2.88. The molecule has 0 radical (unpaired) electrons. The first-order chi connectivity index (χ1) is 19.2. The highest BCUT2D eigenvalue weighted by atomic mass is 32.2. The van der Waals surface area contributed by atoms with Gasteiger partial charge in [0.1, 0.15) is 6.04 Å². The lowest BCUT2D eigenvalue weighted by Gasteiger charge is -2.34. The fraction of sp³-hybridized carbons (Fsp3) is 0.394. The Morgan fingerprint density at radius 3 is 2.17 bits per heavy atom. The van der Waals surface area contributed by atoms with Gasteiger partial charge in [-0.1, -0.05) is 66.7 Å². The summed E-state index contributed by atoms with van der Waals surface area (Å²) in [6.45, 7) is 10.1. The van der Waals surface area contributed by atoms with Crippen LogP contribution in [0.1, 0.15) is 55.9 Å². The Bertz CT molecular complexity index is 1430. The maximum atomic E-state index is 14.0. The van der Waals surface area contributed by atoms with Crippen LogP contribution in [0.2, 0.25) is 0 Å². The minimum absolute atomic E-state index is 0.0950. The van der Waals surface area contributed by atoms with E-state index in [1.165, 1.54) is 10.6 Å². The molecule has 3 aromatic carbocycles. The van der Waals surface area contributed by atoms with Gasteiger partial charge in [-0.3, -0.25) is 13.9 Å². The third-order valence-corrected chi connectivity index (χ3v) is 8.01. The molecule has 0 aliphatic heterocycles. The van der Waals surface area contributed by atoms with Crippen LogP contribution in [-0.2, 0) is 32.6 Å². The standard InChI is InChI=1S/C33H43N3O4S/c1-25-14-12-19-29(22-25)36(41(6,39)40)21-13-20-31(37)35(24-28-18-11-10-15-26(28)2)30(32(38)34-33(3,4)5)23-27-16-8-7-9-17-27/h7-12,14-19,22,30H,13,20-21,23-24H2,1-6H3,(H,34,38)/t30-/m1/s1. The Morgan fingerprint density at radius 2 is 1.56 bits per heavy atom. The minimum Gasteiger partial charge on any atom is -0.350 e. The van der Waals surface area contributed by atoms with Crippen molar-refractivity contribution in [2.45, 2.75) is 72.0 Å². The molecule has 0 aliphatic rings. The second-order valence-corrected chi connectivity index (χ2v) is 13.6. The van der Waals surface area contributed by atoms with Crippen LogP contribution in [0.15, 0.2) is 78.9 Å². The van der Waals surface area contributed by atoms with Gasteiger partial charge in [0.05, 0.1) is 11.9 Å². The summed E-state index contributed by atoms with van der Waals surface area (Å²) in [6.07, 6.45) is 1.94. The van der Waals surface area contributed by atoms with E-state index in [-0.39, 0.29) is 31.3 Å². The van der Waals surface area contributed by atoms with Gasteiger partial charge >= 0.3 is 0 Å². The second kappa shape index (κ2) is 13.8. The number of carbonyl (C=O) groups excluding carboxylic acids is 2. The van der Waals surface area contributed by atoms with E-state index in [0.29, 0.717) is 18.5 Å². The highest BCUT2D eigenvalue weighted by Crippen LogP contribution is 2.22. The molecule has 3 rings (SSSR count). The van der Waals surface area contributed by atoms with Crippen molar-refractivity contribution in [3.63, 3.8) is 0 Å². The van der Waals surface area contributed by atoms with Crippen LogP contribution in [0.3, 0.4) is 0 Å². The van der Waals surface area contributed by atoms with E-state index >= 15 is 0 Å². The van der Waals surface area contributed by atoms with Gasteiger partial charge in [-0.2, -0.15) is 0 Å². The van der Waals surface area contributed by atoms with E-state index in [2.05, 4.69) is 5.32 Å². The summed E-state index contributed by atoms with van der Waals surface area (Å²) in [4.78, 5) is 29.3. The predicted molar refractivity (Wildman–Crippen MR) is 166 cm³/mol. The Labute approximate surface area is 245 Å². The van der Waals surface area contributed by atoms with Crippen molar-refractivity contribution >= 4 is 27.5 Å². The summed E-state index contributed by atoms with van der Waals surface area (Å²) >= 11 is 0. The van der Waals surface area contributed by atoms with Crippen LogP contribution in [-0.4, -0.2) is 49.5 Å². The van der Waals surface area contributed by atoms with Gasteiger partial charge in [-0.25, -0.2) is 8.42 Å². The van der Waals surface area contributed by atoms with Crippen LogP contribution < -0.4 is 9.62 Å². The normalized spacial score (nSPS) is 12.4. The fourth-order valence-corrected chi connectivity index (χ4v) is 5.72. The maximum Gasteiger partial charge on any atom is 0.243 e. The number of aryl methyl sites for hydroxylation is 2. The summed E-state index contributed by atoms with van der Waals surface area (Å²) < 4.78 is 26.6. The number of rotatable bonds is 12. The summed E-state index contributed by atoms with van der Waals surface area (Å²) in [6, 6.07) is 24.1. The number of benzene rings is 3. The van der Waals surface area contributed by atoms with Crippen molar-refractivity contribution in [2.24, 2.45) is 0 Å². The number of hydrogen-bond donors (Lipinski definition) is 1. The summed E-state index contributed by atoms with van der Waals surface area (Å²) in [5, 5.41) is 3.08. The van der Waals surface area contributed by atoms with Crippen LogP contribution in [0.25, 0.3) is 0 Å². The van der Waals surface area contributed by atoms with Crippen molar-refractivity contribution in [3.05, 3.63) is 101 Å². The summed E-state index contributed by atoms with van der Waals surface area (Å²) in [7, 11) is -3.55. The highest BCUT2D eigenvalue weighted by Gasteiger charge is 2.32. The quantitative estimate of drug-likeness (QED) is 0.312.